The van der Waals surface area contributed by atoms with Crippen LogP contribution in [0.4, 0.5) is 0 Å². The van der Waals surface area contributed by atoms with Crippen LogP contribution in [0, 0.1) is 13.8 Å². The summed E-state index contributed by atoms with van der Waals surface area (Å²) in [6.07, 6.45) is 0.748. The van der Waals surface area contributed by atoms with E-state index >= 15 is 0 Å². The number of nitrogens with one attached hydrogen (secondary N) is 1. The molecule has 0 saturated carbocycles. The third kappa shape index (κ3) is 4.85. The van der Waals surface area contributed by atoms with Crippen molar-refractivity contribution in [3.63, 3.8) is 0 Å². The molecule has 199 valence electrons. The predicted molar refractivity (Wildman–Crippen MR) is 169 cm³/mol. The summed E-state index contributed by atoms with van der Waals surface area (Å²) in [6.45, 7) is 4.01. The van der Waals surface area contributed by atoms with Gasteiger partial charge >= 0.3 is 247 Å². The number of carbonyl (C=O) groups is 1. The van der Waals surface area contributed by atoms with Gasteiger partial charge in [-0.15, -0.1) is 0 Å². The zero-order valence-corrected chi connectivity index (χ0v) is 28.8. The van der Waals surface area contributed by atoms with Crippen LogP contribution < -0.4 is 17.0 Å². The summed E-state index contributed by atoms with van der Waals surface area (Å²) in [5.41, 5.74) is 7.43. The maximum atomic E-state index is 14.2. The van der Waals surface area contributed by atoms with E-state index < -0.39 is 21.6 Å². The van der Waals surface area contributed by atoms with Crippen molar-refractivity contribution in [2.75, 3.05) is 0 Å². The number of carbonyl (C=O) groups excluding carboxylic acids is 1. The Hall–Kier alpha value is -2.76. The maximum absolute atomic E-state index is 14.2. The molecule has 6 heteroatoms. The normalized spacial score (nSPS) is 13.3. The van der Waals surface area contributed by atoms with Crippen LogP contribution in [-0.2, 0) is 22.0 Å². The summed E-state index contributed by atoms with van der Waals surface area (Å²) in [7, 11) is 16.4. The van der Waals surface area contributed by atoms with Crippen molar-refractivity contribution >= 4 is 42.7 Å². The standard InChI is InChI=1S/C13H9.C12H11Si.C9H11NO.2ClH.Hf/c1-3-7-12-10(5-1)9-11-6-2-4-8-13(11)12;1-3-7-11(8-4-1)13-12-9-5-2-6-10-12;1-6-3-7(2)5-8(4-6)9(10)11;;;/h1-5,7-8H,9H2;1-10,13H;3-5H,1-2H3,(H2,10,11);2*1H;/q;;;;;+3/p-3. The van der Waals surface area contributed by atoms with Crippen molar-refractivity contribution in [2.45, 2.75) is 20.3 Å². The minimum atomic E-state index is -5.68. The first kappa shape index (κ1) is 27.4. The molecule has 0 heterocycles. The van der Waals surface area contributed by atoms with Crippen LogP contribution in [0.25, 0.3) is 11.1 Å². The van der Waals surface area contributed by atoms with Gasteiger partial charge in [-0.05, 0) is 0 Å². The molecular weight excluding hydrogens is 716 g/mol. The molecule has 0 saturated heterocycles. The molecule has 1 aliphatic rings. The summed E-state index contributed by atoms with van der Waals surface area (Å²) >= 11 is -5.68. The quantitative estimate of drug-likeness (QED) is 0.197. The zero-order valence-electron chi connectivity index (χ0n) is 22.5. The predicted octanol–water partition coefficient (Wildman–Crippen LogP) is 6.38. The fourth-order valence-corrected chi connectivity index (χ4v) is 57.9. The SMILES string of the molecule is Cc1cc(C)cc(C(=O)[NH][Hf]([Cl])([Cl])([c]2cccc3c2Cc2ccccc2-3)[SiH](c2ccccc2)c2ccccc2)c1. The first-order valence-corrected chi connectivity index (χ1v) is 34.0. The van der Waals surface area contributed by atoms with Crippen molar-refractivity contribution in [3.8, 4) is 11.1 Å². The average molecular weight is 746 g/mol. The molecule has 0 aromatic heterocycles. The summed E-state index contributed by atoms with van der Waals surface area (Å²) in [4.78, 5) is 14.2. The van der Waals surface area contributed by atoms with E-state index in [2.05, 4.69) is 76.1 Å². The van der Waals surface area contributed by atoms with E-state index in [9.17, 15) is 4.79 Å². The Morgan fingerprint density at radius 2 is 1.25 bits per heavy atom. The van der Waals surface area contributed by atoms with E-state index in [1.165, 1.54) is 11.1 Å². The van der Waals surface area contributed by atoms with Crippen molar-refractivity contribution in [2.24, 2.45) is 0 Å². The number of halogens is 2. The molecule has 2 nitrogen and oxygen atoms in total. The molecule has 0 aliphatic heterocycles. The van der Waals surface area contributed by atoms with Crippen molar-refractivity contribution in [1.29, 1.82) is 0 Å². The average Bonchev–Trinajstić information content (AvgIpc) is 3.32. The van der Waals surface area contributed by atoms with Gasteiger partial charge in [-0.3, -0.25) is 0 Å². The topological polar surface area (TPSA) is 29.1 Å². The molecule has 0 radical (unpaired) electrons. The molecule has 0 unspecified atom stereocenters. The Labute approximate surface area is 245 Å². The molecule has 0 atom stereocenters. The second-order valence-corrected chi connectivity index (χ2v) is 59.7. The number of aryl methyl sites for hydroxylation is 2. The van der Waals surface area contributed by atoms with Gasteiger partial charge in [-0.2, -0.15) is 0 Å². The third-order valence-corrected chi connectivity index (χ3v) is 56.2. The first-order valence-electron chi connectivity index (χ1n) is 13.5. The molecule has 1 aliphatic carbocycles. The Balaban J connectivity index is 1.63. The summed E-state index contributed by atoms with van der Waals surface area (Å²) in [5.74, 6) is -2.64. The zero-order chi connectivity index (χ0) is 27.9. The van der Waals surface area contributed by atoms with Crippen LogP contribution >= 0.6 is 17.2 Å². The van der Waals surface area contributed by atoms with E-state index in [4.69, 9.17) is 17.2 Å². The molecule has 1 N–H and O–H groups in total. The molecule has 0 spiro atoms. The molecule has 0 fully saturated rings. The number of benzene rings is 5. The Morgan fingerprint density at radius 1 is 0.700 bits per heavy atom. The van der Waals surface area contributed by atoms with Crippen molar-refractivity contribution in [3.05, 3.63) is 149 Å². The fourth-order valence-electron chi connectivity index (χ4n) is 6.34. The number of amides is 1. The molecule has 6 rings (SSSR count). The van der Waals surface area contributed by atoms with Gasteiger partial charge in [0.15, 0.2) is 0 Å². The molecule has 5 aromatic carbocycles. The Morgan fingerprint density at radius 3 is 1.88 bits per heavy atom. The first-order chi connectivity index (χ1) is 19.2. The van der Waals surface area contributed by atoms with E-state index in [1.54, 1.807) is 0 Å². The second kappa shape index (κ2) is 10.6. The van der Waals surface area contributed by atoms with Gasteiger partial charge in [0.1, 0.15) is 0 Å². The third-order valence-electron chi connectivity index (χ3n) is 7.94. The Kier molecular flexibility index (Phi) is 7.24. The van der Waals surface area contributed by atoms with Gasteiger partial charge in [-0.25, -0.2) is 0 Å². The van der Waals surface area contributed by atoms with Crippen LogP contribution in [-0.4, -0.2) is 11.9 Å². The minimum absolute atomic E-state index is 0.204. The van der Waals surface area contributed by atoms with Gasteiger partial charge in [0.05, 0.1) is 0 Å². The summed E-state index contributed by atoms with van der Waals surface area (Å²) in [5, 5.41) is 2.26. The molecular formula is C34H30Cl2HfNOSi. The van der Waals surface area contributed by atoms with Crippen LogP contribution in [0.15, 0.2) is 121 Å². The molecule has 0 bridgehead atoms. The van der Waals surface area contributed by atoms with Crippen molar-refractivity contribution < 1.29 is 20.4 Å². The van der Waals surface area contributed by atoms with Crippen LogP contribution in [0.3, 0.4) is 0 Å². The number of hydrogen-bond acceptors (Lipinski definition) is 1. The number of rotatable bonds is 6. The van der Waals surface area contributed by atoms with Gasteiger partial charge in [0.25, 0.3) is 0 Å². The number of fused-ring (bicyclic) bond motifs is 3. The summed E-state index contributed by atoms with van der Waals surface area (Å²) in [6, 6.07) is 41.4. The summed E-state index contributed by atoms with van der Waals surface area (Å²) < 4.78 is 4.44. The fraction of sp³-hybridized carbons (Fsp3) is 0.0882. The van der Waals surface area contributed by atoms with Crippen LogP contribution in [0.2, 0.25) is 0 Å². The molecule has 1 amide bonds. The van der Waals surface area contributed by atoms with E-state index in [1.807, 2.05) is 62.4 Å². The molecule has 40 heavy (non-hydrogen) atoms. The Bertz CT molecular complexity index is 1680. The van der Waals surface area contributed by atoms with Gasteiger partial charge in [0, 0.05) is 0 Å². The van der Waals surface area contributed by atoms with Gasteiger partial charge in [0.2, 0.25) is 0 Å². The van der Waals surface area contributed by atoms with Crippen molar-refractivity contribution in [1.82, 2.24) is 3.30 Å². The van der Waals surface area contributed by atoms with Gasteiger partial charge < -0.3 is 0 Å². The van der Waals surface area contributed by atoms with Crippen LogP contribution in [0.1, 0.15) is 32.6 Å². The van der Waals surface area contributed by atoms with Crippen LogP contribution in [0.5, 0.6) is 0 Å². The number of hydrogen-bond donors (Lipinski definition) is 1. The van der Waals surface area contributed by atoms with E-state index in [-0.39, 0.29) is 5.91 Å². The van der Waals surface area contributed by atoms with E-state index in [0.29, 0.717) is 5.56 Å². The monoisotopic (exact) mass is 746 g/mol. The van der Waals surface area contributed by atoms with E-state index in [0.717, 1.165) is 42.4 Å². The molecule has 5 aromatic rings. The second-order valence-electron chi connectivity index (χ2n) is 10.8. The van der Waals surface area contributed by atoms with Gasteiger partial charge in [-0.1, -0.05) is 0 Å².